The number of carbonyl (C=O) groups excluding carboxylic acids is 2. The molecule has 10 nitrogen and oxygen atoms in total. The van der Waals surface area contributed by atoms with Crippen LogP contribution >= 0.6 is 0 Å². The zero-order valence-corrected chi connectivity index (χ0v) is 21.9. The zero-order chi connectivity index (χ0) is 27.5. The topological polar surface area (TPSA) is 114 Å². The summed E-state index contributed by atoms with van der Waals surface area (Å²) in [7, 11) is 4.41. The fourth-order valence-corrected chi connectivity index (χ4v) is 3.41. The first kappa shape index (κ1) is 27.9. The molecule has 0 heterocycles. The molecule has 0 unspecified atom stereocenters. The number of nitrogens with zero attached hydrogens (tertiary/aromatic N) is 1. The number of ether oxygens (including phenoxy) is 6. The van der Waals surface area contributed by atoms with Gasteiger partial charge in [-0.05, 0) is 74.0 Å². The molecule has 0 bridgehead atoms. The third-order valence-corrected chi connectivity index (χ3v) is 5.18. The molecule has 3 aromatic carbocycles. The van der Waals surface area contributed by atoms with E-state index in [0.29, 0.717) is 53.1 Å². The Morgan fingerprint density at radius 2 is 1.42 bits per heavy atom. The Labute approximate surface area is 221 Å². The second kappa shape index (κ2) is 13.5. The fraction of sp³-hybridized carbons (Fsp3) is 0.250. The number of methoxy groups -OCH3 is 3. The first-order chi connectivity index (χ1) is 18.4. The van der Waals surface area contributed by atoms with E-state index in [1.54, 1.807) is 42.5 Å². The minimum Gasteiger partial charge on any atom is -0.494 e. The van der Waals surface area contributed by atoms with Gasteiger partial charge < -0.3 is 28.4 Å². The van der Waals surface area contributed by atoms with Crippen LogP contribution in [0.3, 0.4) is 0 Å². The van der Waals surface area contributed by atoms with Crippen LogP contribution in [0.15, 0.2) is 59.7 Å². The van der Waals surface area contributed by atoms with Gasteiger partial charge in [0.2, 0.25) is 5.75 Å². The SMILES string of the molecule is CCOc1ccc(C(=O)Oc2ccc(/C=N\NC(=O)c3cc(OC)c(OC)c(OC)c3)cc2OCC)cc1. The maximum Gasteiger partial charge on any atom is 0.343 e. The van der Waals surface area contributed by atoms with E-state index in [1.165, 1.54) is 39.7 Å². The highest BCUT2D eigenvalue weighted by molar-refractivity contribution is 5.96. The van der Waals surface area contributed by atoms with Crippen LogP contribution in [0, 0.1) is 0 Å². The van der Waals surface area contributed by atoms with E-state index in [-0.39, 0.29) is 11.3 Å². The highest BCUT2D eigenvalue weighted by Crippen LogP contribution is 2.38. The number of carbonyl (C=O) groups is 2. The Morgan fingerprint density at radius 3 is 2.00 bits per heavy atom. The van der Waals surface area contributed by atoms with Crippen LogP contribution in [0.5, 0.6) is 34.5 Å². The molecule has 0 spiro atoms. The van der Waals surface area contributed by atoms with Gasteiger partial charge in [-0.15, -0.1) is 0 Å². The van der Waals surface area contributed by atoms with Crippen LogP contribution in [-0.4, -0.2) is 52.6 Å². The standard InChI is InChI=1S/C28H30N2O8/c1-6-36-21-11-9-19(10-12-21)28(32)38-22-13-8-18(14-23(22)37-7-2)17-29-30-27(31)20-15-24(33-3)26(35-5)25(16-20)34-4/h8-17H,6-7H2,1-5H3,(H,30,31)/b29-17-. The van der Waals surface area contributed by atoms with Gasteiger partial charge in [0.25, 0.3) is 5.91 Å². The molecule has 200 valence electrons. The number of hydrogen-bond acceptors (Lipinski definition) is 9. The molecule has 0 atom stereocenters. The van der Waals surface area contributed by atoms with Gasteiger partial charge in [0.15, 0.2) is 23.0 Å². The quantitative estimate of drug-likeness (QED) is 0.160. The molecule has 0 aliphatic carbocycles. The maximum absolute atomic E-state index is 12.6. The molecule has 0 saturated heterocycles. The lowest BCUT2D eigenvalue weighted by atomic mass is 10.1. The summed E-state index contributed by atoms with van der Waals surface area (Å²) in [6, 6.07) is 14.6. The Morgan fingerprint density at radius 1 is 0.763 bits per heavy atom. The van der Waals surface area contributed by atoms with E-state index < -0.39 is 11.9 Å². The van der Waals surface area contributed by atoms with Gasteiger partial charge in [0.05, 0.1) is 46.3 Å². The van der Waals surface area contributed by atoms with Crippen LogP contribution in [0.25, 0.3) is 0 Å². The molecule has 3 rings (SSSR count). The van der Waals surface area contributed by atoms with Crippen molar-refractivity contribution in [2.75, 3.05) is 34.5 Å². The van der Waals surface area contributed by atoms with Crippen molar-refractivity contribution in [1.29, 1.82) is 0 Å². The summed E-state index contributed by atoms with van der Waals surface area (Å²) in [6.45, 7) is 4.59. The van der Waals surface area contributed by atoms with Gasteiger partial charge in [0, 0.05) is 5.56 Å². The van der Waals surface area contributed by atoms with Gasteiger partial charge in [-0.25, -0.2) is 10.2 Å². The zero-order valence-electron chi connectivity index (χ0n) is 21.9. The lowest BCUT2D eigenvalue weighted by Gasteiger charge is -2.13. The molecular weight excluding hydrogens is 492 g/mol. The van der Waals surface area contributed by atoms with Crippen molar-refractivity contribution in [2.45, 2.75) is 13.8 Å². The molecule has 0 aliphatic heterocycles. The van der Waals surface area contributed by atoms with Crippen LogP contribution < -0.4 is 33.8 Å². The summed E-state index contributed by atoms with van der Waals surface area (Å²) in [5, 5.41) is 4.02. The van der Waals surface area contributed by atoms with Crippen molar-refractivity contribution in [1.82, 2.24) is 5.43 Å². The largest absolute Gasteiger partial charge is 0.494 e. The van der Waals surface area contributed by atoms with Crippen molar-refractivity contribution in [3.8, 4) is 34.5 Å². The normalized spacial score (nSPS) is 10.6. The van der Waals surface area contributed by atoms with Crippen molar-refractivity contribution in [3.63, 3.8) is 0 Å². The number of benzene rings is 3. The van der Waals surface area contributed by atoms with Crippen LogP contribution in [-0.2, 0) is 0 Å². The molecule has 0 saturated carbocycles. The number of amides is 1. The van der Waals surface area contributed by atoms with Crippen molar-refractivity contribution >= 4 is 18.1 Å². The summed E-state index contributed by atoms with van der Waals surface area (Å²) in [4.78, 5) is 25.3. The van der Waals surface area contributed by atoms with E-state index in [4.69, 9.17) is 28.4 Å². The van der Waals surface area contributed by atoms with Crippen molar-refractivity contribution in [3.05, 3.63) is 71.3 Å². The number of esters is 1. The van der Waals surface area contributed by atoms with E-state index in [1.807, 2.05) is 13.8 Å². The molecule has 0 radical (unpaired) electrons. The third-order valence-electron chi connectivity index (χ3n) is 5.18. The van der Waals surface area contributed by atoms with Crippen LogP contribution in [0.1, 0.15) is 40.1 Å². The third kappa shape index (κ3) is 6.94. The molecule has 1 N–H and O–H groups in total. The van der Waals surface area contributed by atoms with Crippen LogP contribution in [0.2, 0.25) is 0 Å². The number of hydrogen-bond donors (Lipinski definition) is 1. The Hall–Kier alpha value is -4.73. The number of nitrogens with one attached hydrogen (secondary N) is 1. The van der Waals surface area contributed by atoms with E-state index in [9.17, 15) is 9.59 Å². The molecule has 3 aromatic rings. The Bertz CT molecular complexity index is 1260. The molecule has 10 heteroatoms. The molecule has 1 amide bonds. The van der Waals surface area contributed by atoms with Gasteiger partial charge >= 0.3 is 5.97 Å². The molecule has 0 aliphatic rings. The van der Waals surface area contributed by atoms with E-state index in [0.717, 1.165) is 0 Å². The fourth-order valence-electron chi connectivity index (χ4n) is 3.41. The first-order valence-corrected chi connectivity index (χ1v) is 11.8. The minimum absolute atomic E-state index is 0.254. The van der Waals surface area contributed by atoms with Gasteiger partial charge in [0.1, 0.15) is 5.75 Å². The maximum atomic E-state index is 12.6. The molecular formula is C28H30N2O8. The highest BCUT2D eigenvalue weighted by Gasteiger charge is 2.17. The van der Waals surface area contributed by atoms with Crippen molar-refractivity contribution in [2.24, 2.45) is 5.10 Å². The number of hydrazone groups is 1. The summed E-state index contributed by atoms with van der Waals surface area (Å²) >= 11 is 0. The van der Waals surface area contributed by atoms with Crippen molar-refractivity contribution < 1.29 is 38.0 Å². The summed E-state index contributed by atoms with van der Waals surface area (Å²) in [5.74, 6) is 1.33. The highest BCUT2D eigenvalue weighted by atomic mass is 16.6. The Kier molecular flexibility index (Phi) is 9.93. The monoisotopic (exact) mass is 522 g/mol. The summed E-state index contributed by atoms with van der Waals surface area (Å²) < 4.78 is 32.4. The Balaban J connectivity index is 1.72. The number of rotatable bonds is 12. The minimum atomic E-state index is -0.534. The summed E-state index contributed by atoms with van der Waals surface area (Å²) in [6.07, 6.45) is 1.44. The molecule has 0 fully saturated rings. The van der Waals surface area contributed by atoms with Gasteiger partial charge in [-0.2, -0.15) is 5.10 Å². The second-order valence-corrected chi connectivity index (χ2v) is 7.60. The van der Waals surface area contributed by atoms with Crippen LogP contribution in [0.4, 0.5) is 0 Å². The average molecular weight is 523 g/mol. The van der Waals surface area contributed by atoms with Gasteiger partial charge in [-0.1, -0.05) is 0 Å². The predicted octanol–water partition coefficient (Wildman–Crippen LogP) is 4.49. The smallest absolute Gasteiger partial charge is 0.343 e. The lowest BCUT2D eigenvalue weighted by Crippen LogP contribution is -2.18. The molecule has 0 aromatic heterocycles. The second-order valence-electron chi connectivity index (χ2n) is 7.60. The predicted molar refractivity (Wildman–Crippen MR) is 141 cm³/mol. The van der Waals surface area contributed by atoms with E-state index in [2.05, 4.69) is 10.5 Å². The van der Waals surface area contributed by atoms with E-state index >= 15 is 0 Å². The first-order valence-electron chi connectivity index (χ1n) is 11.8. The summed E-state index contributed by atoms with van der Waals surface area (Å²) in [5.41, 5.74) is 3.71. The van der Waals surface area contributed by atoms with Gasteiger partial charge in [-0.3, -0.25) is 4.79 Å². The lowest BCUT2D eigenvalue weighted by molar-refractivity contribution is 0.0728. The molecule has 38 heavy (non-hydrogen) atoms. The average Bonchev–Trinajstić information content (AvgIpc) is 2.94.